The molecular formula is C65H90N10O4+2. The van der Waals surface area contributed by atoms with Crippen LogP contribution in [0.5, 0.6) is 0 Å². The van der Waals surface area contributed by atoms with Crippen LogP contribution in [0.3, 0.4) is 0 Å². The maximum atomic E-state index is 13.0. The Morgan fingerprint density at radius 3 is 1.16 bits per heavy atom. The van der Waals surface area contributed by atoms with E-state index < -0.39 is 0 Å². The van der Waals surface area contributed by atoms with E-state index in [9.17, 15) is 19.2 Å². The number of pyridine rings is 2. The lowest BCUT2D eigenvalue weighted by Crippen LogP contribution is -2.36. The number of aromatic nitrogens is 2. The molecule has 0 saturated carbocycles. The minimum atomic E-state index is -0.213. The van der Waals surface area contributed by atoms with E-state index in [0.29, 0.717) is 50.1 Å². The Hall–Kier alpha value is -7.16. The smallest absolute Gasteiger partial charge is 0.251 e. The SMILES string of the molecule is C.CNCc1ccc2cc3ccc(CNC)cc3[n+](CCCCCC(=O)NCCCCCNC(=O)c3cccc(C(=O)NCCCCCNC(=O)CCCCC[n+]4c5cc(N(C)C)ccc5cc5ccc(N(C)C)cc54)c3)c2c1. The molecule has 0 radical (unpaired) electrons. The van der Waals surface area contributed by atoms with E-state index in [1.807, 2.05) is 14.1 Å². The van der Waals surface area contributed by atoms with Crippen molar-refractivity contribution in [3.63, 3.8) is 0 Å². The highest BCUT2D eigenvalue weighted by Gasteiger charge is 2.20. The highest BCUT2D eigenvalue weighted by Crippen LogP contribution is 2.26. The molecule has 0 bridgehead atoms. The number of fused-ring (bicyclic) bond motifs is 4. The molecule has 7 aromatic rings. The zero-order chi connectivity index (χ0) is 55.2. The fraction of sp³-hybridized carbons (Fsp3) is 0.446. The van der Waals surface area contributed by atoms with Crippen molar-refractivity contribution in [1.82, 2.24) is 31.9 Å². The van der Waals surface area contributed by atoms with Gasteiger partial charge in [0.15, 0.2) is 0 Å². The first-order valence-electron chi connectivity index (χ1n) is 28.5. The molecule has 0 aliphatic rings. The fourth-order valence-corrected chi connectivity index (χ4v) is 10.3. The van der Waals surface area contributed by atoms with Gasteiger partial charge < -0.3 is 41.7 Å². The van der Waals surface area contributed by atoms with Gasteiger partial charge in [0.2, 0.25) is 33.9 Å². The molecule has 0 aliphatic carbocycles. The minimum absolute atomic E-state index is 0. The van der Waals surface area contributed by atoms with Gasteiger partial charge in [0.25, 0.3) is 11.8 Å². The average molecular weight is 1080 g/mol. The second-order valence-electron chi connectivity index (χ2n) is 21.2. The number of aryl methyl sites for hydroxylation is 2. The van der Waals surface area contributed by atoms with E-state index >= 15 is 0 Å². The number of rotatable bonds is 32. The van der Waals surface area contributed by atoms with Crippen molar-refractivity contribution in [1.29, 1.82) is 0 Å². The first-order chi connectivity index (χ1) is 37.9. The summed E-state index contributed by atoms with van der Waals surface area (Å²) < 4.78 is 4.90. The quantitative estimate of drug-likeness (QED) is 0.0139. The van der Waals surface area contributed by atoms with Crippen LogP contribution in [-0.4, -0.2) is 92.1 Å². The van der Waals surface area contributed by atoms with E-state index in [1.54, 1.807) is 24.3 Å². The third kappa shape index (κ3) is 17.9. The van der Waals surface area contributed by atoms with Crippen LogP contribution in [0.1, 0.15) is 129 Å². The first kappa shape index (κ1) is 61.1. The van der Waals surface area contributed by atoms with Crippen molar-refractivity contribution in [3.05, 3.63) is 131 Å². The van der Waals surface area contributed by atoms with Gasteiger partial charge in [-0.2, -0.15) is 9.13 Å². The molecule has 14 heteroatoms. The van der Waals surface area contributed by atoms with Gasteiger partial charge in [-0.25, -0.2) is 0 Å². The van der Waals surface area contributed by atoms with Gasteiger partial charge in [-0.05, 0) is 156 Å². The number of unbranched alkanes of at least 4 members (excludes halogenated alkanes) is 8. The molecule has 79 heavy (non-hydrogen) atoms. The third-order valence-corrected chi connectivity index (χ3v) is 14.7. The van der Waals surface area contributed by atoms with Crippen molar-refractivity contribution in [2.45, 2.75) is 123 Å². The van der Waals surface area contributed by atoms with Crippen LogP contribution in [0.2, 0.25) is 0 Å². The van der Waals surface area contributed by atoms with Crippen LogP contribution in [0.25, 0.3) is 43.6 Å². The summed E-state index contributed by atoms with van der Waals surface area (Å²) in [7, 11) is 12.2. The third-order valence-electron chi connectivity index (χ3n) is 14.7. The van der Waals surface area contributed by atoms with Crippen LogP contribution in [-0.2, 0) is 35.8 Å². The lowest BCUT2D eigenvalue weighted by molar-refractivity contribution is -0.646. The van der Waals surface area contributed by atoms with Gasteiger partial charge in [0, 0.05) is 161 Å². The Morgan fingerprint density at radius 2 is 0.772 bits per heavy atom. The van der Waals surface area contributed by atoms with E-state index in [2.05, 4.69) is 164 Å². The van der Waals surface area contributed by atoms with Gasteiger partial charge in [-0.3, -0.25) is 19.2 Å². The van der Waals surface area contributed by atoms with Crippen molar-refractivity contribution in [2.75, 3.05) is 78.3 Å². The molecule has 6 N–H and O–H groups in total. The molecule has 7 rings (SSSR count). The maximum absolute atomic E-state index is 13.0. The van der Waals surface area contributed by atoms with E-state index in [0.717, 1.165) is 103 Å². The van der Waals surface area contributed by atoms with Gasteiger partial charge in [0.1, 0.15) is 13.1 Å². The zero-order valence-corrected chi connectivity index (χ0v) is 47.4. The van der Waals surface area contributed by atoms with Gasteiger partial charge in [-0.1, -0.05) is 25.6 Å². The number of hydrogen-bond acceptors (Lipinski definition) is 8. The maximum Gasteiger partial charge on any atom is 0.251 e. The Labute approximate surface area is 470 Å². The molecule has 2 heterocycles. The number of nitrogens with zero attached hydrogens (tertiary/aromatic N) is 4. The Morgan fingerprint density at radius 1 is 0.405 bits per heavy atom. The number of nitrogens with one attached hydrogen (secondary N) is 6. The molecule has 5 aromatic carbocycles. The number of carbonyl (C=O) groups is 4. The normalized spacial score (nSPS) is 11.2. The second kappa shape index (κ2) is 31.4. The largest absolute Gasteiger partial charge is 0.377 e. The molecule has 422 valence electrons. The summed E-state index contributed by atoms with van der Waals surface area (Å²) >= 11 is 0. The van der Waals surface area contributed by atoms with Crippen LogP contribution in [0, 0.1) is 0 Å². The highest BCUT2D eigenvalue weighted by atomic mass is 16.2. The summed E-state index contributed by atoms with van der Waals surface area (Å²) in [4.78, 5) is 55.6. The molecule has 0 atom stereocenters. The molecule has 0 spiro atoms. The predicted molar refractivity (Wildman–Crippen MR) is 326 cm³/mol. The number of anilines is 2. The summed E-state index contributed by atoms with van der Waals surface area (Å²) in [6.45, 7) is 5.66. The second-order valence-corrected chi connectivity index (χ2v) is 21.2. The van der Waals surface area contributed by atoms with Crippen molar-refractivity contribution < 1.29 is 28.3 Å². The molecule has 14 nitrogen and oxygen atoms in total. The predicted octanol–water partition coefficient (Wildman–Crippen LogP) is 9.64. The topological polar surface area (TPSA) is 155 Å². The van der Waals surface area contributed by atoms with Gasteiger partial charge in [-0.15, -0.1) is 0 Å². The summed E-state index contributed by atoms with van der Waals surface area (Å²) in [6, 6.07) is 38.1. The Bertz CT molecular complexity index is 3010. The van der Waals surface area contributed by atoms with Crippen LogP contribution >= 0.6 is 0 Å². The number of hydrogen-bond donors (Lipinski definition) is 6. The van der Waals surface area contributed by atoms with Crippen molar-refractivity contribution in [2.24, 2.45) is 0 Å². The van der Waals surface area contributed by atoms with Crippen LogP contribution < -0.4 is 50.8 Å². The molecular weight excluding hydrogens is 985 g/mol. The lowest BCUT2D eigenvalue weighted by atomic mass is 10.0. The molecule has 0 fully saturated rings. The molecule has 0 unspecified atom stereocenters. The number of amides is 4. The Balaban J connectivity index is 0.0000101. The monoisotopic (exact) mass is 1070 g/mol. The number of benzene rings is 5. The minimum Gasteiger partial charge on any atom is -0.377 e. The summed E-state index contributed by atoms with van der Waals surface area (Å²) in [5.74, 6) is -0.256. The number of carbonyl (C=O) groups excluding carboxylic acids is 4. The first-order valence-corrected chi connectivity index (χ1v) is 28.5. The summed E-state index contributed by atoms with van der Waals surface area (Å²) in [6.07, 6.45) is 11.6. The van der Waals surface area contributed by atoms with Crippen molar-refractivity contribution in [3.8, 4) is 0 Å². The van der Waals surface area contributed by atoms with Gasteiger partial charge >= 0.3 is 0 Å². The van der Waals surface area contributed by atoms with Crippen molar-refractivity contribution >= 4 is 78.6 Å². The average Bonchev–Trinajstić information content (AvgIpc) is 3.51. The molecule has 0 aliphatic heterocycles. The van der Waals surface area contributed by atoms with E-state index in [-0.39, 0.29) is 31.1 Å². The molecule has 2 aromatic heterocycles. The van der Waals surface area contributed by atoms with E-state index in [1.165, 1.54) is 66.1 Å². The summed E-state index contributed by atoms with van der Waals surface area (Å²) in [5.41, 5.74) is 10.7. The van der Waals surface area contributed by atoms with E-state index in [4.69, 9.17) is 0 Å². The summed E-state index contributed by atoms with van der Waals surface area (Å²) in [5, 5.41) is 23.6. The van der Waals surface area contributed by atoms with Crippen LogP contribution in [0.4, 0.5) is 11.4 Å². The Kier molecular flexibility index (Phi) is 24.3. The van der Waals surface area contributed by atoms with Gasteiger partial charge in [0.05, 0.1) is 0 Å². The zero-order valence-electron chi connectivity index (χ0n) is 47.4. The highest BCUT2D eigenvalue weighted by molar-refractivity contribution is 5.99. The fourth-order valence-electron chi connectivity index (χ4n) is 10.3. The molecule has 4 amide bonds. The standard InChI is InChI=1S/C64H84N10O4.CH4/c1-65-45-47-24-26-49-40-50-27-25-48(46-66-2)39-58(50)73(57(49)38-47)36-17-7-11-22-61(75)67-32-13-9-15-34-69-63(77)53-20-19-21-54(42-53)64(78)70-35-16-10-14-33-68-62(76)23-12-8-18-37-74-59-43-55(71(3)4)30-28-51(59)41-52-29-31-56(72(5)6)44-60(52)74;/h19-21,24-31,38-44,65-66H,7-18,22-23,32-37,45-46H2,1-6H3,(H2-2,67,68,69,70,75,76,77,78);1H4/p+2. The lowest BCUT2D eigenvalue weighted by Gasteiger charge is -2.15. The van der Waals surface area contributed by atoms with Crippen LogP contribution in [0.15, 0.2) is 109 Å². The molecule has 0 saturated heterocycles.